The molecule has 1 saturated heterocycles. The number of hydrogen-bond acceptors (Lipinski definition) is 7. The molecule has 1 aliphatic rings. The second kappa shape index (κ2) is 15.4. The van der Waals surface area contributed by atoms with Gasteiger partial charge in [0.15, 0.2) is 5.76 Å². The van der Waals surface area contributed by atoms with Crippen LogP contribution in [0.25, 0.3) is 16.8 Å². The standard InChI is InChI=1S/C16H26N4O2.C16H16N2O2/c1-11(2)15(16(21)19-8-4-6-12(19)3)20(18)10-13(17)14-7-5-9-22-14;17-16(20)15(18-11-19)10-12-6-8-14(9-7-12)13-4-2-1-3-5-13/h5,7,9-12,15H,4,6,8,17-18H2,1-3H3;1-9,11,15H,10H2,(H2,17,20)(H,18,19)/b13-10-;/t;15-/m.1/s1. The molecular weight excluding hydrogens is 532 g/mol. The van der Waals surface area contributed by atoms with Gasteiger partial charge in [-0.25, -0.2) is 5.84 Å². The molecule has 42 heavy (non-hydrogen) atoms. The predicted molar refractivity (Wildman–Crippen MR) is 164 cm³/mol. The molecule has 10 nitrogen and oxygen atoms in total. The van der Waals surface area contributed by atoms with Crippen LogP contribution in [0.5, 0.6) is 0 Å². The van der Waals surface area contributed by atoms with Crippen molar-refractivity contribution in [2.45, 2.75) is 58.2 Å². The zero-order valence-corrected chi connectivity index (χ0v) is 24.5. The molecule has 7 N–H and O–H groups in total. The molecule has 0 spiro atoms. The van der Waals surface area contributed by atoms with Crippen LogP contribution in [-0.2, 0) is 20.8 Å². The van der Waals surface area contributed by atoms with Crippen LogP contribution in [0.2, 0.25) is 0 Å². The number of carbonyl (C=O) groups is 3. The Morgan fingerprint density at radius 1 is 1.05 bits per heavy atom. The molecule has 2 heterocycles. The van der Waals surface area contributed by atoms with E-state index in [0.717, 1.165) is 36.1 Å². The summed E-state index contributed by atoms with van der Waals surface area (Å²) in [6.45, 7) is 6.85. The molecular formula is C32H42N6O4. The van der Waals surface area contributed by atoms with Crippen LogP contribution in [0.15, 0.2) is 83.6 Å². The number of hydrogen-bond donors (Lipinski definition) is 4. The van der Waals surface area contributed by atoms with E-state index >= 15 is 0 Å². The third-order valence-electron chi connectivity index (χ3n) is 7.25. The number of likely N-dealkylation sites (tertiary alicyclic amines) is 1. The van der Waals surface area contributed by atoms with Gasteiger partial charge >= 0.3 is 0 Å². The summed E-state index contributed by atoms with van der Waals surface area (Å²) in [4.78, 5) is 36.3. The van der Waals surface area contributed by atoms with Gasteiger partial charge in [0, 0.05) is 25.2 Å². The smallest absolute Gasteiger partial charge is 0.247 e. The lowest BCUT2D eigenvalue weighted by molar-refractivity contribution is -0.138. The van der Waals surface area contributed by atoms with Crippen molar-refractivity contribution in [3.63, 3.8) is 0 Å². The van der Waals surface area contributed by atoms with Crippen LogP contribution >= 0.6 is 0 Å². The van der Waals surface area contributed by atoms with Gasteiger partial charge in [-0.05, 0) is 54.5 Å². The molecule has 0 radical (unpaired) electrons. The largest absolute Gasteiger partial charge is 0.463 e. The number of primary amides is 1. The maximum Gasteiger partial charge on any atom is 0.247 e. The minimum absolute atomic E-state index is 0.0611. The summed E-state index contributed by atoms with van der Waals surface area (Å²) < 4.78 is 5.24. The first kappa shape index (κ1) is 32.0. The fraction of sp³-hybridized carbons (Fsp3) is 0.344. The minimum atomic E-state index is -0.671. The van der Waals surface area contributed by atoms with Crippen LogP contribution in [0, 0.1) is 5.92 Å². The Labute approximate surface area is 247 Å². The van der Waals surface area contributed by atoms with Gasteiger partial charge in [-0.15, -0.1) is 0 Å². The van der Waals surface area contributed by atoms with Gasteiger partial charge in [-0.2, -0.15) is 0 Å². The number of nitrogens with zero attached hydrogens (tertiary/aromatic N) is 2. The summed E-state index contributed by atoms with van der Waals surface area (Å²) in [7, 11) is 0. The van der Waals surface area contributed by atoms with Crippen molar-refractivity contribution >= 4 is 23.9 Å². The molecule has 0 bridgehead atoms. The first-order chi connectivity index (χ1) is 20.1. The summed E-state index contributed by atoms with van der Waals surface area (Å²) in [5.41, 5.74) is 14.8. The Morgan fingerprint density at radius 2 is 1.71 bits per heavy atom. The third-order valence-corrected chi connectivity index (χ3v) is 7.25. The van der Waals surface area contributed by atoms with Gasteiger partial charge in [-0.1, -0.05) is 68.4 Å². The van der Waals surface area contributed by atoms with Crippen LogP contribution in [0.4, 0.5) is 0 Å². The van der Waals surface area contributed by atoms with E-state index in [4.69, 9.17) is 21.7 Å². The highest BCUT2D eigenvalue weighted by molar-refractivity contribution is 5.83. The molecule has 4 rings (SSSR count). The van der Waals surface area contributed by atoms with Crippen molar-refractivity contribution in [1.82, 2.24) is 15.2 Å². The first-order valence-electron chi connectivity index (χ1n) is 14.1. The van der Waals surface area contributed by atoms with Crippen LogP contribution in [0.1, 0.15) is 44.9 Å². The number of hydrazine groups is 1. The van der Waals surface area contributed by atoms with Gasteiger partial charge in [0.05, 0.1) is 12.0 Å². The van der Waals surface area contributed by atoms with Crippen LogP contribution < -0.4 is 22.6 Å². The SMILES string of the molecule is CC(C)C(C(=O)N1CCCC1C)N(N)/C=C(\N)c1ccco1.NC(=O)[C@@H](Cc1ccc(-c2ccccc2)cc1)NC=O. The fourth-order valence-electron chi connectivity index (χ4n) is 4.96. The highest BCUT2D eigenvalue weighted by Gasteiger charge is 2.34. The van der Waals surface area contributed by atoms with Crippen molar-refractivity contribution in [1.29, 1.82) is 0 Å². The van der Waals surface area contributed by atoms with Crippen molar-refractivity contribution in [3.8, 4) is 11.1 Å². The van der Waals surface area contributed by atoms with Crippen molar-refractivity contribution in [3.05, 3.63) is 90.5 Å². The number of amides is 3. The summed E-state index contributed by atoms with van der Waals surface area (Å²) >= 11 is 0. The number of rotatable bonds is 11. The highest BCUT2D eigenvalue weighted by Crippen LogP contribution is 2.22. The second-order valence-electron chi connectivity index (χ2n) is 10.7. The molecule has 3 amide bonds. The van der Waals surface area contributed by atoms with Gasteiger partial charge < -0.3 is 31.1 Å². The summed E-state index contributed by atoms with van der Waals surface area (Å²) in [6, 6.07) is 20.6. The number of carbonyl (C=O) groups excluding carboxylic acids is 3. The average Bonchev–Trinajstić information content (AvgIpc) is 3.66. The molecule has 224 valence electrons. The molecule has 1 fully saturated rings. The van der Waals surface area contributed by atoms with E-state index in [0.29, 0.717) is 24.3 Å². The Kier molecular flexibility index (Phi) is 11.7. The summed E-state index contributed by atoms with van der Waals surface area (Å²) in [5, 5.41) is 3.83. The molecule has 2 aromatic carbocycles. The van der Waals surface area contributed by atoms with Crippen molar-refractivity contribution in [2.75, 3.05) is 6.54 Å². The van der Waals surface area contributed by atoms with E-state index in [9.17, 15) is 14.4 Å². The van der Waals surface area contributed by atoms with E-state index in [1.807, 2.05) is 73.3 Å². The molecule has 0 saturated carbocycles. The zero-order chi connectivity index (χ0) is 30.6. The number of nitrogens with two attached hydrogens (primary N) is 3. The maximum atomic E-state index is 12.8. The Hall–Kier alpha value is -4.57. The lowest BCUT2D eigenvalue weighted by Crippen LogP contribution is -2.53. The Morgan fingerprint density at radius 3 is 2.24 bits per heavy atom. The van der Waals surface area contributed by atoms with E-state index in [2.05, 4.69) is 12.2 Å². The monoisotopic (exact) mass is 574 g/mol. The van der Waals surface area contributed by atoms with Crippen LogP contribution in [-0.4, -0.2) is 52.8 Å². The lowest BCUT2D eigenvalue weighted by Gasteiger charge is -2.33. The lowest BCUT2D eigenvalue weighted by atomic mass is 10.0. The Balaban J connectivity index is 0.000000231. The van der Waals surface area contributed by atoms with E-state index in [1.54, 1.807) is 24.6 Å². The maximum absolute atomic E-state index is 12.8. The van der Waals surface area contributed by atoms with Crippen LogP contribution in [0.3, 0.4) is 0 Å². The van der Waals surface area contributed by atoms with E-state index in [-0.39, 0.29) is 17.9 Å². The third kappa shape index (κ3) is 8.71. The van der Waals surface area contributed by atoms with Gasteiger partial charge in [0.2, 0.25) is 18.2 Å². The number of furan rings is 1. The average molecular weight is 575 g/mol. The molecule has 3 atom stereocenters. The Bertz CT molecular complexity index is 1310. The molecule has 10 heteroatoms. The predicted octanol–water partition coefficient (Wildman–Crippen LogP) is 3.24. The minimum Gasteiger partial charge on any atom is -0.463 e. The molecule has 1 aliphatic heterocycles. The number of benzene rings is 2. The highest BCUT2D eigenvalue weighted by atomic mass is 16.3. The van der Waals surface area contributed by atoms with Gasteiger partial charge in [-0.3, -0.25) is 14.4 Å². The molecule has 2 unspecified atom stereocenters. The molecule has 0 aliphatic carbocycles. The van der Waals surface area contributed by atoms with Crippen molar-refractivity contribution in [2.24, 2.45) is 23.2 Å². The normalized spacial score (nSPS) is 16.3. The van der Waals surface area contributed by atoms with Gasteiger partial charge in [0.25, 0.3) is 0 Å². The zero-order valence-electron chi connectivity index (χ0n) is 24.5. The summed E-state index contributed by atoms with van der Waals surface area (Å²) in [6.07, 6.45) is 6.10. The van der Waals surface area contributed by atoms with Crippen molar-refractivity contribution < 1.29 is 18.8 Å². The van der Waals surface area contributed by atoms with E-state index in [1.165, 1.54) is 5.01 Å². The topological polar surface area (TPSA) is 161 Å². The molecule has 1 aromatic heterocycles. The quantitative estimate of drug-likeness (QED) is 0.155. The second-order valence-corrected chi connectivity index (χ2v) is 10.7. The summed E-state index contributed by atoms with van der Waals surface area (Å²) in [5.74, 6) is 6.27. The number of nitrogens with one attached hydrogen (secondary N) is 1. The fourth-order valence-corrected chi connectivity index (χ4v) is 4.96. The molecule has 3 aromatic rings. The van der Waals surface area contributed by atoms with Gasteiger partial charge in [0.1, 0.15) is 12.1 Å². The van der Waals surface area contributed by atoms with E-state index < -0.39 is 18.0 Å². The first-order valence-corrected chi connectivity index (χ1v) is 14.1.